The molecule has 2 aromatic carbocycles. The van der Waals surface area contributed by atoms with E-state index in [1.165, 1.54) is 20.4 Å². The van der Waals surface area contributed by atoms with E-state index in [4.69, 9.17) is 14.2 Å². The van der Waals surface area contributed by atoms with Crippen LogP contribution in [0, 0.1) is 6.92 Å². The number of phenolic OH excluding ortho intramolecular Hbond substituents is 1. The minimum atomic E-state index is -0.394. The van der Waals surface area contributed by atoms with E-state index < -0.39 is 5.91 Å². The van der Waals surface area contributed by atoms with Gasteiger partial charge >= 0.3 is 0 Å². The summed E-state index contributed by atoms with van der Waals surface area (Å²) in [6, 6.07) is 10.5. The van der Waals surface area contributed by atoms with Crippen LogP contribution in [0.1, 0.15) is 11.1 Å². The molecular weight excluding hydrogens is 324 g/mol. The summed E-state index contributed by atoms with van der Waals surface area (Å²) in [6.07, 6.45) is 1.41. The molecule has 1 amide bonds. The van der Waals surface area contributed by atoms with Gasteiger partial charge in [0, 0.05) is 5.56 Å². The van der Waals surface area contributed by atoms with Gasteiger partial charge in [-0.2, -0.15) is 5.10 Å². The third-order valence-corrected chi connectivity index (χ3v) is 3.30. The van der Waals surface area contributed by atoms with E-state index in [9.17, 15) is 9.90 Å². The largest absolute Gasteiger partial charge is 0.502 e. The maximum absolute atomic E-state index is 11.7. The van der Waals surface area contributed by atoms with Crippen molar-refractivity contribution in [2.45, 2.75) is 6.92 Å². The Kier molecular flexibility index (Phi) is 6.22. The number of aryl methyl sites for hydroxylation is 1. The van der Waals surface area contributed by atoms with Crippen LogP contribution in [0.4, 0.5) is 0 Å². The number of amides is 1. The number of hydrogen-bond donors (Lipinski definition) is 2. The van der Waals surface area contributed by atoms with E-state index in [0.717, 1.165) is 5.56 Å². The molecule has 0 aliphatic rings. The van der Waals surface area contributed by atoms with Gasteiger partial charge in [-0.3, -0.25) is 4.79 Å². The Morgan fingerprint density at radius 3 is 2.32 bits per heavy atom. The highest BCUT2D eigenvalue weighted by atomic mass is 16.5. The first-order valence-corrected chi connectivity index (χ1v) is 7.50. The zero-order chi connectivity index (χ0) is 18.2. The Morgan fingerprint density at radius 1 is 1.16 bits per heavy atom. The average molecular weight is 344 g/mol. The summed E-state index contributed by atoms with van der Waals surface area (Å²) in [5.41, 5.74) is 4.07. The van der Waals surface area contributed by atoms with Gasteiger partial charge in [0.05, 0.1) is 20.4 Å². The van der Waals surface area contributed by atoms with Crippen LogP contribution in [0.3, 0.4) is 0 Å². The molecule has 0 spiro atoms. The lowest BCUT2D eigenvalue weighted by molar-refractivity contribution is -0.123. The SMILES string of the molecule is COc1cc(/C=N\NC(=O)COc2ccc(C)cc2)cc(OC)c1O. The minimum absolute atomic E-state index is 0.0994. The van der Waals surface area contributed by atoms with Gasteiger partial charge in [-0.05, 0) is 31.2 Å². The fraction of sp³-hybridized carbons (Fsp3) is 0.222. The van der Waals surface area contributed by atoms with E-state index in [2.05, 4.69) is 10.5 Å². The van der Waals surface area contributed by atoms with Gasteiger partial charge in [0.15, 0.2) is 18.1 Å². The molecule has 7 nitrogen and oxygen atoms in total. The monoisotopic (exact) mass is 344 g/mol. The number of carbonyl (C=O) groups excluding carboxylic acids is 1. The number of aromatic hydroxyl groups is 1. The second-order valence-electron chi connectivity index (χ2n) is 5.17. The van der Waals surface area contributed by atoms with Crippen LogP contribution < -0.4 is 19.6 Å². The fourth-order valence-corrected chi connectivity index (χ4v) is 1.98. The molecule has 132 valence electrons. The molecular formula is C18H20N2O5. The Bertz CT molecular complexity index is 732. The number of rotatable bonds is 7. The standard InChI is InChI=1S/C18H20N2O5/c1-12-4-6-14(7-5-12)25-11-17(21)20-19-10-13-8-15(23-2)18(22)16(9-13)24-3/h4-10,22H,11H2,1-3H3,(H,20,21)/b19-10-. The van der Waals surface area contributed by atoms with Gasteiger partial charge in [-0.15, -0.1) is 0 Å². The molecule has 2 aromatic rings. The zero-order valence-electron chi connectivity index (χ0n) is 14.3. The predicted molar refractivity (Wildman–Crippen MR) is 93.6 cm³/mol. The predicted octanol–water partition coefficient (Wildman–Crippen LogP) is 2.25. The summed E-state index contributed by atoms with van der Waals surface area (Å²) in [4.78, 5) is 11.7. The van der Waals surface area contributed by atoms with Crippen LogP contribution in [0.25, 0.3) is 0 Å². The number of phenols is 1. The van der Waals surface area contributed by atoms with Crippen molar-refractivity contribution >= 4 is 12.1 Å². The lowest BCUT2D eigenvalue weighted by atomic mass is 10.2. The number of methoxy groups -OCH3 is 2. The number of hydrazone groups is 1. The minimum Gasteiger partial charge on any atom is -0.502 e. The van der Waals surface area contributed by atoms with E-state index in [1.54, 1.807) is 24.3 Å². The first kappa shape index (κ1) is 18.1. The second kappa shape index (κ2) is 8.58. The third-order valence-electron chi connectivity index (χ3n) is 3.30. The van der Waals surface area contributed by atoms with Crippen LogP contribution >= 0.6 is 0 Å². The van der Waals surface area contributed by atoms with Crippen molar-refractivity contribution < 1.29 is 24.1 Å². The Labute approximate surface area is 145 Å². The van der Waals surface area contributed by atoms with Crippen LogP contribution in [0.5, 0.6) is 23.0 Å². The highest BCUT2D eigenvalue weighted by molar-refractivity contribution is 5.84. The summed E-state index contributed by atoms with van der Waals surface area (Å²) in [7, 11) is 2.86. The molecule has 7 heteroatoms. The van der Waals surface area contributed by atoms with Gasteiger partial charge in [0.25, 0.3) is 5.91 Å². The molecule has 25 heavy (non-hydrogen) atoms. The van der Waals surface area contributed by atoms with Gasteiger partial charge in [-0.1, -0.05) is 17.7 Å². The molecule has 0 atom stereocenters. The maximum atomic E-state index is 11.7. The van der Waals surface area contributed by atoms with Gasteiger partial charge in [-0.25, -0.2) is 5.43 Å². The van der Waals surface area contributed by atoms with Crippen molar-refractivity contribution in [2.24, 2.45) is 5.10 Å². The summed E-state index contributed by atoms with van der Waals surface area (Å²) < 4.78 is 15.5. The van der Waals surface area contributed by atoms with Crippen LogP contribution in [0.15, 0.2) is 41.5 Å². The lowest BCUT2D eigenvalue weighted by Gasteiger charge is -2.09. The Hall–Kier alpha value is -3.22. The van der Waals surface area contributed by atoms with Gasteiger partial charge in [0.2, 0.25) is 5.75 Å². The quantitative estimate of drug-likeness (QED) is 0.594. The van der Waals surface area contributed by atoms with Crippen molar-refractivity contribution in [3.8, 4) is 23.0 Å². The average Bonchev–Trinajstić information content (AvgIpc) is 2.62. The van der Waals surface area contributed by atoms with E-state index in [-0.39, 0.29) is 23.9 Å². The number of benzene rings is 2. The molecule has 0 fully saturated rings. The molecule has 2 rings (SSSR count). The topological polar surface area (TPSA) is 89.4 Å². The number of carbonyl (C=O) groups is 1. The molecule has 0 aliphatic carbocycles. The van der Waals surface area contributed by atoms with E-state index in [0.29, 0.717) is 11.3 Å². The lowest BCUT2D eigenvalue weighted by Crippen LogP contribution is -2.24. The first-order chi connectivity index (χ1) is 12.0. The van der Waals surface area contributed by atoms with E-state index in [1.807, 2.05) is 19.1 Å². The third kappa shape index (κ3) is 5.13. The second-order valence-corrected chi connectivity index (χ2v) is 5.17. The van der Waals surface area contributed by atoms with Crippen LogP contribution in [0.2, 0.25) is 0 Å². The summed E-state index contributed by atoms with van der Waals surface area (Å²) in [6.45, 7) is 1.82. The molecule has 0 unspecified atom stereocenters. The highest BCUT2D eigenvalue weighted by Crippen LogP contribution is 2.36. The van der Waals surface area contributed by atoms with Crippen molar-refractivity contribution in [2.75, 3.05) is 20.8 Å². The molecule has 0 bridgehead atoms. The Balaban J connectivity index is 1.91. The number of ether oxygens (including phenoxy) is 3. The van der Waals surface area contributed by atoms with E-state index >= 15 is 0 Å². The maximum Gasteiger partial charge on any atom is 0.277 e. The van der Waals surface area contributed by atoms with Crippen molar-refractivity contribution in [1.29, 1.82) is 0 Å². The molecule has 0 radical (unpaired) electrons. The molecule has 0 heterocycles. The normalized spacial score (nSPS) is 10.5. The van der Waals surface area contributed by atoms with Crippen molar-refractivity contribution in [1.82, 2.24) is 5.43 Å². The van der Waals surface area contributed by atoms with Crippen LogP contribution in [-0.2, 0) is 4.79 Å². The number of nitrogens with one attached hydrogen (secondary N) is 1. The highest BCUT2D eigenvalue weighted by Gasteiger charge is 2.10. The number of nitrogens with zero attached hydrogens (tertiary/aromatic N) is 1. The zero-order valence-corrected chi connectivity index (χ0v) is 14.3. The molecule has 0 aromatic heterocycles. The summed E-state index contributed by atoms with van der Waals surface area (Å²) >= 11 is 0. The Morgan fingerprint density at radius 2 is 1.76 bits per heavy atom. The smallest absolute Gasteiger partial charge is 0.277 e. The molecule has 2 N–H and O–H groups in total. The van der Waals surface area contributed by atoms with Crippen molar-refractivity contribution in [3.63, 3.8) is 0 Å². The first-order valence-electron chi connectivity index (χ1n) is 7.50. The summed E-state index contributed by atoms with van der Waals surface area (Å²) in [5, 5.41) is 13.7. The van der Waals surface area contributed by atoms with Crippen molar-refractivity contribution in [3.05, 3.63) is 47.5 Å². The van der Waals surface area contributed by atoms with Crippen LogP contribution in [-0.4, -0.2) is 38.1 Å². The van der Waals surface area contributed by atoms with Gasteiger partial charge < -0.3 is 19.3 Å². The molecule has 0 saturated carbocycles. The molecule has 0 saturated heterocycles. The summed E-state index contributed by atoms with van der Waals surface area (Å²) in [5.74, 6) is 0.606. The van der Waals surface area contributed by atoms with Gasteiger partial charge in [0.1, 0.15) is 5.75 Å². The number of hydrogen-bond acceptors (Lipinski definition) is 6. The molecule has 0 aliphatic heterocycles. The fourth-order valence-electron chi connectivity index (χ4n) is 1.98.